The van der Waals surface area contributed by atoms with Crippen LogP contribution in [0.2, 0.25) is 0 Å². The molecule has 0 saturated carbocycles. The molecule has 1 aliphatic heterocycles. The van der Waals surface area contributed by atoms with E-state index in [4.69, 9.17) is 0 Å². The van der Waals surface area contributed by atoms with E-state index in [9.17, 15) is 4.79 Å². The molecule has 2 atom stereocenters. The third-order valence-electron chi connectivity index (χ3n) is 3.25. The second-order valence-electron chi connectivity index (χ2n) is 4.93. The third kappa shape index (κ3) is 3.82. The zero-order chi connectivity index (χ0) is 13.0. The van der Waals surface area contributed by atoms with E-state index in [-0.39, 0.29) is 17.9 Å². The van der Waals surface area contributed by atoms with E-state index in [1.54, 1.807) is 0 Å². The van der Waals surface area contributed by atoms with Crippen LogP contribution in [0.4, 0.5) is 0 Å². The van der Waals surface area contributed by atoms with Gasteiger partial charge in [0.05, 0.1) is 5.92 Å². The highest BCUT2D eigenvalue weighted by Gasteiger charge is 2.23. The van der Waals surface area contributed by atoms with Gasteiger partial charge in [0.2, 0.25) is 5.91 Å². The molecule has 3 nitrogen and oxygen atoms in total. The van der Waals surface area contributed by atoms with Gasteiger partial charge in [0, 0.05) is 17.1 Å². The topological polar surface area (TPSA) is 41.1 Å². The number of amides is 1. The van der Waals surface area contributed by atoms with Crippen LogP contribution in [0.3, 0.4) is 0 Å². The summed E-state index contributed by atoms with van der Waals surface area (Å²) in [5.74, 6) is 0.331. The molecule has 1 amide bonds. The molecule has 2 rings (SSSR count). The maximum absolute atomic E-state index is 12.0. The molecule has 0 aromatic heterocycles. The van der Waals surface area contributed by atoms with Gasteiger partial charge in [0.1, 0.15) is 0 Å². The van der Waals surface area contributed by atoms with Gasteiger partial charge in [-0.05, 0) is 44.0 Å². The summed E-state index contributed by atoms with van der Waals surface area (Å²) in [5.41, 5.74) is 1.24. The monoisotopic (exact) mass is 310 g/mol. The van der Waals surface area contributed by atoms with E-state index in [0.717, 1.165) is 30.4 Å². The fourth-order valence-electron chi connectivity index (χ4n) is 2.31. The van der Waals surface area contributed by atoms with Crippen LogP contribution >= 0.6 is 15.9 Å². The zero-order valence-electron chi connectivity index (χ0n) is 10.6. The molecule has 0 aliphatic carbocycles. The number of halogens is 1. The summed E-state index contributed by atoms with van der Waals surface area (Å²) >= 11 is 3.46. The standard InChI is InChI=1S/C14H19BrN2O/c1-10(7-11-3-2-4-13(15)8-11)17-14(18)12-5-6-16-9-12/h2-4,8,10,12,16H,5-7,9H2,1H3,(H,17,18). The molecule has 1 heterocycles. The number of carbonyl (C=O) groups excluding carboxylic acids is 1. The lowest BCUT2D eigenvalue weighted by molar-refractivity contribution is -0.125. The lowest BCUT2D eigenvalue weighted by Crippen LogP contribution is -2.39. The first-order chi connectivity index (χ1) is 8.65. The van der Waals surface area contributed by atoms with Crippen LogP contribution in [0.1, 0.15) is 18.9 Å². The number of carbonyl (C=O) groups is 1. The molecular formula is C14H19BrN2O. The first-order valence-corrected chi connectivity index (χ1v) is 7.20. The fraction of sp³-hybridized carbons (Fsp3) is 0.500. The normalized spacial score (nSPS) is 20.7. The molecule has 4 heteroatoms. The van der Waals surface area contributed by atoms with Crippen molar-refractivity contribution >= 4 is 21.8 Å². The summed E-state index contributed by atoms with van der Waals surface area (Å²) < 4.78 is 1.08. The zero-order valence-corrected chi connectivity index (χ0v) is 12.2. The predicted octanol–water partition coefficient (Wildman–Crippen LogP) is 2.11. The van der Waals surface area contributed by atoms with Crippen LogP contribution in [0, 0.1) is 5.92 Å². The Morgan fingerprint density at radius 1 is 1.61 bits per heavy atom. The van der Waals surface area contributed by atoms with Crippen LogP contribution in [0.15, 0.2) is 28.7 Å². The van der Waals surface area contributed by atoms with Crippen LogP contribution in [-0.4, -0.2) is 25.0 Å². The SMILES string of the molecule is CC(Cc1cccc(Br)c1)NC(=O)C1CCNC1. The fourth-order valence-corrected chi connectivity index (χ4v) is 2.75. The molecule has 18 heavy (non-hydrogen) atoms. The summed E-state index contributed by atoms with van der Waals surface area (Å²) in [5, 5.41) is 6.31. The highest BCUT2D eigenvalue weighted by molar-refractivity contribution is 9.10. The summed E-state index contributed by atoms with van der Waals surface area (Å²) in [6.45, 7) is 3.83. The van der Waals surface area contributed by atoms with E-state index < -0.39 is 0 Å². The van der Waals surface area contributed by atoms with Crippen LogP contribution < -0.4 is 10.6 Å². The summed E-state index contributed by atoms with van der Waals surface area (Å²) in [7, 11) is 0. The minimum absolute atomic E-state index is 0.148. The van der Waals surface area contributed by atoms with Gasteiger partial charge in [-0.2, -0.15) is 0 Å². The molecule has 1 saturated heterocycles. The van der Waals surface area contributed by atoms with Crippen molar-refractivity contribution < 1.29 is 4.79 Å². The van der Waals surface area contributed by atoms with E-state index >= 15 is 0 Å². The van der Waals surface area contributed by atoms with Crippen molar-refractivity contribution in [2.45, 2.75) is 25.8 Å². The third-order valence-corrected chi connectivity index (χ3v) is 3.74. The molecule has 2 unspecified atom stereocenters. The van der Waals surface area contributed by atoms with Gasteiger partial charge >= 0.3 is 0 Å². The second kappa shape index (κ2) is 6.34. The average molecular weight is 311 g/mol. The Balaban J connectivity index is 1.84. The molecule has 2 N–H and O–H groups in total. The van der Waals surface area contributed by atoms with Gasteiger partial charge < -0.3 is 10.6 Å². The van der Waals surface area contributed by atoms with Gasteiger partial charge in [-0.3, -0.25) is 4.79 Å². The average Bonchev–Trinajstić information content (AvgIpc) is 2.81. The highest BCUT2D eigenvalue weighted by Crippen LogP contribution is 2.13. The van der Waals surface area contributed by atoms with E-state index in [1.165, 1.54) is 5.56 Å². The number of hydrogen-bond donors (Lipinski definition) is 2. The van der Waals surface area contributed by atoms with Gasteiger partial charge in [0.25, 0.3) is 0 Å². The molecule has 0 spiro atoms. The number of benzene rings is 1. The van der Waals surface area contributed by atoms with Crippen LogP contribution in [0.5, 0.6) is 0 Å². The van der Waals surface area contributed by atoms with E-state index in [0.29, 0.717) is 0 Å². The molecule has 0 bridgehead atoms. The molecule has 1 aromatic carbocycles. The van der Waals surface area contributed by atoms with Crippen molar-refractivity contribution in [1.29, 1.82) is 0 Å². The van der Waals surface area contributed by atoms with Crippen molar-refractivity contribution in [3.63, 3.8) is 0 Å². The maximum atomic E-state index is 12.0. The van der Waals surface area contributed by atoms with E-state index in [1.807, 2.05) is 12.1 Å². The first-order valence-electron chi connectivity index (χ1n) is 6.40. The van der Waals surface area contributed by atoms with Gasteiger partial charge in [-0.15, -0.1) is 0 Å². The summed E-state index contributed by atoms with van der Waals surface area (Å²) in [4.78, 5) is 12.0. The van der Waals surface area contributed by atoms with Crippen LogP contribution in [-0.2, 0) is 11.2 Å². The molecule has 1 aromatic rings. The summed E-state index contributed by atoms with van der Waals surface area (Å²) in [6.07, 6.45) is 1.82. The number of hydrogen-bond acceptors (Lipinski definition) is 2. The lowest BCUT2D eigenvalue weighted by atomic mass is 10.0. The Kier molecular flexibility index (Phi) is 4.78. The Morgan fingerprint density at radius 3 is 3.11 bits per heavy atom. The van der Waals surface area contributed by atoms with Crippen molar-refractivity contribution in [1.82, 2.24) is 10.6 Å². The Labute approximate surface area is 116 Å². The Bertz CT molecular complexity index is 416. The van der Waals surface area contributed by atoms with Gasteiger partial charge in [-0.25, -0.2) is 0 Å². The second-order valence-corrected chi connectivity index (χ2v) is 5.85. The van der Waals surface area contributed by atoms with Crippen molar-refractivity contribution in [2.75, 3.05) is 13.1 Å². The van der Waals surface area contributed by atoms with E-state index in [2.05, 4.69) is 45.6 Å². The predicted molar refractivity (Wildman–Crippen MR) is 76.4 cm³/mol. The smallest absolute Gasteiger partial charge is 0.224 e. The van der Waals surface area contributed by atoms with Gasteiger partial charge in [-0.1, -0.05) is 28.1 Å². The highest BCUT2D eigenvalue weighted by atomic mass is 79.9. The molecule has 1 aliphatic rings. The molecule has 1 fully saturated rings. The lowest BCUT2D eigenvalue weighted by Gasteiger charge is -2.16. The Morgan fingerprint density at radius 2 is 2.44 bits per heavy atom. The summed E-state index contributed by atoms with van der Waals surface area (Å²) in [6, 6.07) is 8.39. The minimum Gasteiger partial charge on any atom is -0.353 e. The maximum Gasteiger partial charge on any atom is 0.224 e. The van der Waals surface area contributed by atoms with Crippen LogP contribution in [0.25, 0.3) is 0 Å². The minimum atomic E-state index is 0.148. The van der Waals surface area contributed by atoms with Crippen molar-refractivity contribution in [3.05, 3.63) is 34.3 Å². The molecule has 98 valence electrons. The molecule has 0 radical (unpaired) electrons. The first kappa shape index (κ1) is 13.6. The number of rotatable bonds is 4. The Hall–Kier alpha value is -0.870. The molecular weight excluding hydrogens is 292 g/mol. The van der Waals surface area contributed by atoms with Crippen molar-refractivity contribution in [2.24, 2.45) is 5.92 Å². The van der Waals surface area contributed by atoms with Gasteiger partial charge in [0.15, 0.2) is 0 Å². The van der Waals surface area contributed by atoms with Crippen molar-refractivity contribution in [3.8, 4) is 0 Å². The largest absolute Gasteiger partial charge is 0.353 e. The number of nitrogens with one attached hydrogen (secondary N) is 2. The quantitative estimate of drug-likeness (QED) is 0.894.